The van der Waals surface area contributed by atoms with Gasteiger partial charge in [-0.3, -0.25) is 0 Å². The number of hydrogen-bond acceptors (Lipinski definition) is 4. The molecule has 0 aromatic heterocycles. The fourth-order valence-electron chi connectivity index (χ4n) is 3.15. The predicted molar refractivity (Wildman–Crippen MR) is 100 cm³/mol. The van der Waals surface area contributed by atoms with Gasteiger partial charge in [0.1, 0.15) is 22.8 Å². The first-order chi connectivity index (χ1) is 12.4. The minimum atomic E-state index is -0.385. The van der Waals surface area contributed by atoms with Crippen molar-refractivity contribution in [1.29, 1.82) is 0 Å². The standard InChI is InChI=1S/C20H24N2O4/c1-20(2)12-16(14-11-13(24-3)9-10-17(14)26-20)22-19(23)21-15-7-5-6-8-18(15)25-4/h5-11,16H,12H2,1-4H3,(H2,21,22,23). The molecule has 0 radical (unpaired) electrons. The summed E-state index contributed by atoms with van der Waals surface area (Å²) in [6.45, 7) is 4.01. The number of fused-ring (bicyclic) bond motifs is 1. The lowest BCUT2D eigenvalue weighted by Crippen LogP contribution is -2.42. The summed E-state index contributed by atoms with van der Waals surface area (Å²) in [6, 6.07) is 12.4. The van der Waals surface area contributed by atoms with E-state index in [1.807, 2.05) is 44.2 Å². The van der Waals surface area contributed by atoms with Crippen molar-refractivity contribution in [2.45, 2.75) is 31.9 Å². The van der Waals surface area contributed by atoms with Gasteiger partial charge in [0.25, 0.3) is 0 Å². The molecular weight excluding hydrogens is 332 g/mol. The van der Waals surface area contributed by atoms with Crippen molar-refractivity contribution >= 4 is 11.7 Å². The number of para-hydroxylation sites is 2. The van der Waals surface area contributed by atoms with Gasteiger partial charge in [-0.1, -0.05) is 12.1 Å². The fourth-order valence-corrected chi connectivity index (χ4v) is 3.15. The molecule has 0 fully saturated rings. The molecule has 2 aromatic carbocycles. The van der Waals surface area contributed by atoms with Crippen LogP contribution in [0.5, 0.6) is 17.2 Å². The van der Waals surface area contributed by atoms with Gasteiger partial charge in [-0.15, -0.1) is 0 Å². The van der Waals surface area contributed by atoms with E-state index in [0.717, 1.165) is 17.1 Å². The average molecular weight is 356 g/mol. The molecule has 3 rings (SSSR count). The molecule has 1 unspecified atom stereocenters. The van der Waals surface area contributed by atoms with Crippen LogP contribution in [0.15, 0.2) is 42.5 Å². The van der Waals surface area contributed by atoms with Crippen LogP contribution in [-0.4, -0.2) is 25.9 Å². The normalized spacial score (nSPS) is 17.5. The molecule has 0 saturated carbocycles. The van der Waals surface area contributed by atoms with Crippen LogP contribution in [0.1, 0.15) is 31.9 Å². The number of methoxy groups -OCH3 is 2. The first-order valence-corrected chi connectivity index (χ1v) is 8.49. The summed E-state index contributed by atoms with van der Waals surface area (Å²) < 4.78 is 16.6. The zero-order valence-corrected chi connectivity index (χ0v) is 15.5. The van der Waals surface area contributed by atoms with Crippen LogP contribution < -0.4 is 24.8 Å². The zero-order chi connectivity index (χ0) is 18.7. The Morgan fingerprint density at radius 3 is 2.65 bits per heavy atom. The molecule has 26 heavy (non-hydrogen) atoms. The fraction of sp³-hybridized carbons (Fsp3) is 0.350. The number of carbonyl (C=O) groups excluding carboxylic acids is 1. The van der Waals surface area contributed by atoms with Gasteiger partial charge in [0.2, 0.25) is 0 Å². The summed E-state index contributed by atoms with van der Waals surface area (Å²) >= 11 is 0. The largest absolute Gasteiger partial charge is 0.497 e. The molecule has 6 heteroatoms. The summed E-state index contributed by atoms with van der Waals surface area (Å²) in [5, 5.41) is 5.89. The van der Waals surface area contributed by atoms with E-state index in [4.69, 9.17) is 14.2 Å². The van der Waals surface area contributed by atoms with Crippen LogP contribution in [0, 0.1) is 0 Å². The molecule has 2 aromatic rings. The molecule has 0 spiro atoms. The first-order valence-electron chi connectivity index (χ1n) is 8.49. The van der Waals surface area contributed by atoms with Gasteiger partial charge < -0.3 is 24.8 Å². The third-order valence-electron chi connectivity index (χ3n) is 4.33. The van der Waals surface area contributed by atoms with Crippen LogP contribution in [0.2, 0.25) is 0 Å². The summed E-state index contributed by atoms with van der Waals surface area (Å²) in [7, 11) is 3.19. The Hall–Kier alpha value is -2.89. The highest BCUT2D eigenvalue weighted by molar-refractivity contribution is 5.91. The molecule has 1 aliphatic rings. The van der Waals surface area contributed by atoms with Gasteiger partial charge in [-0.2, -0.15) is 0 Å². The van der Waals surface area contributed by atoms with E-state index in [2.05, 4.69) is 10.6 Å². The van der Waals surface area contributed by atoms with Crippen molar-refractivity contribution < 1.29 is 19.0 Å². The number of rotatable bonds is 4. The molecule has 0 saturated heterocycles. The van der Waals surface area contributed by atoms with E-state index in [-0.39, 0.29) is 17.7 Å². The smallest absolute Gasteiger partial charge is 0.319 e. The SMILES string of the molecule is COc1ccc2c(c1)C(NC(=O)Nc1ccccc1OC)CC(C)(C)O2. The molecule has 6 nitrogen and oxygen atoms in total. The topological polar surface area (TPSA) is 68.8 Å². The monoisotopic (exact) mass is 356 g/mol. The molecule has 2 N–H and O–H groups in total. The molecular formula is C20H24N2O4. The number of anilines is 1. The predicted octanol–water partition coefficient (Wildman–Crippen LogP) is 4.13. The van der Waals surface area contributed by atoms with E-state index in [1.165, 1.54) is 0 Å². The number of nitrogens with one attached hydrogen (secondary N) is 2. The summed E-state index contributed by atoms with van der Waals surface area (Å²) in [5.74, 6) is 2.09. The van der Waals surface area contributed by atoms with E-state index in [9.17, 15) is 4.79 Å². The van der Waals surface area contributed by atoms with Crippen LogP contribution in [0.25, 0.3) is 0 Å². The van der Waals surface area contributed by atoms with Gasteiger partial charge in [0.15, 0.2) is 0 Å². The summed E-state index contributed by atoms with van der Waals surface area (Å²) in [5.41, 5.74) is 1.13. The molecule has 0 aliphatic carbocycles. The molecule has 2 amide bonds. The van der Waals surface area contributed by atoms with Crippen molar-refractivity contribution in [3.8, 4) is 17.2 Å². The van der Waals surface area contributed by atoms with E-state index in [0.29, 0.717) is 17.9 Å². The van der Waals surface area contributed by atoms with Gasteiger partial charge in [0.05, 0.1) is 25.9 Å². The van der Waals surface area contributed by atoms with Crippen molar-refractivity contribution in [2.24, 2.45) is 0 Å². The maximum Gasteiger partial charge on any atom is 0.319 e. The molecule has 1 aliphatic heterocycles. The Labute approximate surface area is 153 Å². The van der Waals surface area contributed by atoms with Crippen LogP contribution in [0.3, 0.4) is 0 Å². The third kappa shape index (κ3) is 3.85. The second kappa shape index (κ2) is 7.15. The first kappa shape index (κ1) is 17.9. The summed E-state index contributed by atoms with van der Waals surface area (Å²) in [6.07, 6.45) is 0.645. The van der Waals surface area contributed by atoms with Crippen molar-refractivity contribution in [1.82, 2.24) is 5.32 Å². The van der Waals surface area contributed by atoms with Crippen molar-refractivity contribution in [3.05, 3.63) is 48.0 Å². The highest BCUT2D eigenvalue weighted by Crippen LogP contribution is 2.41. The Kier molecular flexibility index (Phi) is 4.93. The molecule has 0 bridgehead atoms. The number of urea groups is 1. The van der Waals surface area contributed by atoms with Crippen molar-refractivity contribution in [2.75, 3.05) is 19.5 Å². The average Bonchev–Trinajstić information content (AvgIpc) is 2.61. The summed E-state index contributed by atoms with van der Waals surface area (Å²) in [4.78, 5) is 12.6. The molecule has 1 heterocycles. The highest BCUT2D eigenvalue weighted by Gasteiger charge is 2.35. The number of benzene rings is 2. The van der Waals surface area contributed by atoms with Crippen LogP contribution >= 0.6 is 0 Å². The van der Waals surface area contributed by atoms with E-state index < -0.39 is 0 Å². The Morgan fingerprint density at radius 1 is 1.15 bits per heavy atom. The maximum absolute atomic E-state index is 12.6. The van der Waals surface area contributed by atoms with Gasteiger partial charge in [0, 0.05) is 12.0 Å². The van der Waals surface area contributed by atoms with E-state index >= 15 is 0 Å². The van der Waals surface area contributed by atoms with Crippen LogP contribution in [0.4, 0.5) is 10.5 Å². The van der Waals surface area contributed by atoms with Gasteiger partial charge in [-0.25, -0.2) is 4.79 Å². The lowest BCUT2D eigenvalue weighted by molar-refractivity contribution is 0.0681. The number of carbonyl (C=O) groups is 1. The lowest BCUT2D eigenvalue weighted by Gasteiger charge is -2.38. The van der Waals surface area contributed by atoms with Crippen molar-refractivity contribution in [3.63, 3.8) is 0 Å². The number of amides is 2. The number of ether oxygens (including phenoxy) is 3. The zero-order valence-electron chi connectivity index (χ0n) is 15.5. The number of hydrogen-bond donors (Lipinski definition) is 2. The lowest BCUT2D eigenvalue weighted by atomic mass is 9.89. The quantitative estimate of drug-likeness (QED) is 0.864. The highest BCUT2D eigenvalue weighted by atomic mass is 16.5. The second-order valence-electron chi connectivity index (χ2n) is 6.82. The third-order valence-corrected chi connectivity index (χ3v) is 4.33. The Balaban J connectivity index is 1.81. The Morgan fingerprint density at radius 2 is 1.92 bits per heavy atom. The minimum absolute atomic E-state index is 0.196. The molecule has 138 valence electrons. The Bertz CT molecular complexity index is 804. The molecule has 1 atom stereocenters. The minimum Gasteiger partial charge on any atom is -0.497 e. The van der Waals surface area contributed by atoms with E-state index in [1.54, 1.807) is 26.4 Å². The van der Waals surface area contributed by atoms with Gasteiger partial charge >= 0.3 is 6.03 Å². The van der Waals surface area contributed by atoms with Gasteiger partial charge in [-0.05, 0) is 44.2 Å². The second-order valence-corrected chi connectivity index (χ2v) is 6.82. The van der Waals surface area contributed by atoms with Crippen LogP contribution in [-0.2, 0) is 0 Å². The maximum atomic E-state index is 12.6.